The second-order valence-corrected chi connectivity index (χ2v) is 5.40. The number of hydrogen-bond acceptors (Lipinski definition) is 4. The maximum absolute atomic E-state index is 10.6. The van der Waals surface area contributed by atoms with Crippen molar-refractivity contribution in [2.75, 3.05) is 0 Å². The molecule has 1 aromatic heterocycles. The molecule has 1 N–H and O–H groups in total. The summed E-state index contributed by atoms with van der Waals surface area (Å²) in [6.45, 7) is 0. The molecule has 0 atom stereocenters. The zero-order valence-electron chi connectivity index (χ0n) is 9.21. The van der Waals surface area contributed by atoms with Crippen LogP contribution in [0, 0.1) is 0 Å². The molecule has 1 heterocycles. The lowest BCUT2D eigenvalue weighted by Crippen LogP contribution is -2.00. The van der Waals surface area contributed by atoms with E-state index in [1.54, 1.807) is 11.8 Å². The third-order valence-electron chi connectivity index (χ3n) is 2.13. The Hall–Kier alpha value is -1.40. The third kappa shape index (κ3) is 3.54. The van der Waals surface area contributed by atoms with Crippen LogP contribution in [0.3, 0.4) is 0 Å². The number of hydrogen-bond donors (Lipinski definition) is 1. The maximum Gasteiger partial charge on any atom is 0.338 e. The van der Waals surface area contributed by atoms with E-state index in [1.165, 1.54) is 12.4 Å². The lowest BCUT2D eigenvalue weighted by molar-refractivity contribution is 0.0696. The normalized spacial score (nSPS) is 10.3. The Morgan fingerprint density at radius 2 is 1.83 bits per heavy atom. The van der Waals surface area contributed by atoms with Crippen molar-refractivity contribution in [1.82, 2.24) is 9.97 Å². The number of carbonyl (C=O) groups is 1. The molecule has 1 aromatic carbocycles. The van der Waals surface area contributed by atoms with Gasteiger partial charge in [0, 0.05) is 21.8 Å². The number of carboxylic acid groups (broad SMARTS) is 1. The van der Waals surface area contributed by atoms with Crippen LogP contribution < -0.4 is 0 Å². The van der Waals surface area contributed by atoms with Gasteiger partial charge in [-0.3, -0.25) is 0 Å². The first kappa shape index (κ1) is 13.0. The van der Waals surface area contributed by atoms with Crippen LogP contribution in [0.25, 0.3) is 0 Å². The standard InChI is InChI=1S/C12H9BrN2O2S/c13-9-1-3-10(4-2-9)18-7-11-14-5-8(6-15-11)12(16)17/h1-6H,7H2,(H,16,17). The van der Waals surface area contributed by atoms with E-state index in [4.69, 9.17) is 5.11 Å². The number of halogens is 1. The molecule has 92 valence electrons. The molecule has 0 aliphatic rings. The van der Waals surface area contributed by atoms with E-state index in [0.29, 0.717) is 11.6 Å². The summed E-state index contributed by atoms with van der Waals surface area (Å²) in [5.41, 5.74) is 0.104. The second kappa shape index (κ2) is 5.97. The minimum absolute atomic E-state index is 0.104. The molecule has 2 aromatic rings. The van der Waals surface area contributed by atoms with Crippen molar-refractivity contribution in [3.63, 3.8) is 0 Å². The molecule has 18 heavy (non-hydrogen) atoms. The Bertz CT molecular complexity index is 543. The van der Waals surface area contributed by atoms with E-state index in [9.17, 15) is 4.79 Å². The predicted molar refractivity (Wildman–Crippen MR) is 72.7 cm³/mol. The van der Waals surface area contributed by atoms with Gasteiger partial charge in [-0.1, -0.05) is 15.9 Å². The topological polar surface area (TPSA) is 63.1 Å². The van der Waals surface area contributed by atoms with E-state index >= 15 is 0 Å². The van der Waals surface area contributed by atoms with Gasteiger partial charge in [0.15, 0.2) is 0 Å². The van der Waals surface area contributed by atoms with Gasteiger partial charge in [0.05, 0.1) is 11.3 Å². The van der Waals surface area contributed by atoms with Crippen molar-refractivity contribution in [3.8, 4) is 0 Å². The van der Waals surface area contributed by atoms with Crippen LogP contribution in [0.5, 0.6) is 0 Å². The Morgan fingerprint density at radius 3 is 2.39 bits per heavy atom. The summed E-state index contributed by atoms with van der Waals surface area (Å²) in [6, 6.07) is 7.94. The zero-order chi connectivity index (χ0) is 13.0. The van der Waals surface area contributed by atoms with E-state index in [1.807, 2.05) is 24.3 Å². The lowest BCUT2D eigenvalue weighted by atomic mass is 10.3. The predicted octanol–water partition coefficient (Wildman–Crippen LogP) is 3.23. The van der Waals surface area contributed by atoms with Crippen LogP contribution in [-0.4, -0.2) is 21.0 Å². The SMILES string of the molecule is O=C(O)c1cnc(CSc2ccc(Br)cc2)nc1. The molecule has 0 radical (unpaired) electrons. The molecular weight excluding hydrogens is 316 g/mol. The first-order valence-electron chi connectivity index (χ1n) is 5.08. The highest BCUT2D eigenvalue weighted by molar-refractivity contribution is 9.10. The fourth-order valence-corrected chi connectivity index (χ4v) is 2.26. The van der Waals surface area contributed by atoms with Crippen molar-refractivity contribution < 1.29 is 9.90 Å². The average Bonchev–Trinajstić information content (AvgIpc) is 2.38. The average molecular weight is 325 g/mol. The second-order valence-electron chi connectivity index (χ2n) is 3.44. The van der Waals surface area contributed by atoms with E-state index in [0.717, 1.165) is 9.37 Å². The highest BCUT2D eigenvalue weighted by Crippen LogP contribution is 2.22. The molecular formula is C12H9BrN2O2S. The summed E-state index contributed by atoms with van der Waals surface area (Å²) >= 11 is 4.98. The highest BCUT2D eigenvalue weighted by atomic mass is 79.9. The molecule has 6 heteroatoms. The number of thioether (sulfide) groups is 1. The fourth-order valence-electron chi connectivity index (χ4n) is 1.22. The van der Waals surface area contributed by atoms with Gasteiger partial charge < -0.3 is 5.11 Å². The summed E-state index contributed by atoms with van der Waals surface area (Å²) in [5, 5.41) is 8.72. The van der Waals surface area contributed by atoms with Gasteiger partial charge in [0.1, 0.15) is 5.82 Å². The van der Waals surface area contributed by atoms with Gasteiger partial charge in [0.25, 0.3) is 0 Å². The largest absolute Gasteiger partial charge is 0.478 e. The molecule has 2 rings (SSSR count). The molecule has 0 saturated heterocycles. The maximum atomic E-state index is 10.6. The fraction of sp³-hybridized carbons (Fsp3) is 0.0833. The van der Waals surface area contributed by atoms with Crippen LogP contribution >= 0.6 is 27.7 Å². The Balaban J connectivity index is 1.97. The Labute approximate surface area is 117 Å². The summed E-state index contributed by atoms with van der Waals surface area (Å²) in [5.74, 6) is 0.219. The van der Waals surface area contributed by atoms with E-state index in [-0.39, 0.29) is 5.56 Å². The van der Waals surface area contributed by atoms with Crippen molar-refractivity contribution in [2.45, 2.75) is 10.6 Å². The highest BCUT2D eigenvalue weighted by Gasteiger charge is 2.04. The zero-order valence-corrected chi connectivity index (χ0v) is 11.6. The number of rotatable bonds is 4. The van der Waals surface area contributed by atoms with Gasteiger partial charge >= 0.3 is 5.97 Å². The first-order chi connectivity index (χ1) is 8.65. The molecule has 0 amide bonds. The molecule has 0 spiro atoms. The van der Waals surface area contributed by atoms with Gasteiger partial charge in [-0.25, -0.2) is 14.8 Å². The summed E-state index contributed by atoms with van der Waals surface area (Å²) < 4.78 is 1.04. The molecule has 0 fully saturated rings. The van der Waals surface area contributed by atoms with Gasteiger partial charge in [-0.05, 0) is 24.3 Å². The van der Waals surface area contributed by atoms with E-state index < -0.39 is 5.97 Å². The number of nitrogens with zero attached hydrogens (tertiary/aromatic N) is 2. The Morgan fingerprint density at radius 1 is 1.22 bits per heavy atom. The number of benzene rings is 1. The number of carboxylic acids is 1. The summed E-state index contributed by atoms with van der Waals surface area (Å²) in [7, 11) is 0. The van der Waals surface area contributed by atoms with Gasteiger partial charge in [-0.15, -0.1) is 11.8 Å². The summed E-state index contributed by atoms with van der Waals surface area (Å²) in [6.07, 6.45) is 2.65. The minimum Gasteiger partial charge on any atom is -0.478 e. The first-order valence-corrected chi connectivity index (χ1v) is 6.85. The molecule has 0 aliphatic carbocycles. The molecule has 0 unspecified atom stereocenters. The number of aromatic nitrogens is 2. The molecule has 0 saturated carbocycles. The lowest BCUT2D eigenvalue weighted by Gasteiger charge is -2.01. The van der Waals surface area contributed by atoms with Crippen molar-refractivity contribution in [3.05, 3.63) is 52.5 Å². The van der Waals surface area contributed by atoms with Crippen LogP contribution in [0.2, 0.25) is 0 Å². The third-order valence-corrected chi connectivity index (χ3v) is 3.67. The van der Waals surface area contributed by atoms with Crippen LogP contribution in [0.1, 0.15) is 16.2 Å². The number of aromatic carboxylic acids is 1. The van der Waals surface area contributed by atoms with Crippen LogP contribution in [0.4, 0.5) is 0 Å². The van der Waals surface area contributed by atoms with Crippen LogP contribution in [0.15, 0.2) is 46.0 Å². The molecule has 0 bridgehead atoms. The van der Waals surface area contributed by atoms with Crippen molar-refractivity contribution in [2.24, 2.45) is 0 Å². The molecule has 4 nitrogen and oxygen atoms in total. The van der Waals surface area contributed by atoms with Gasteiger partial charge in [-0.2, -0.15) is 0 Å². The quantitative estimate of drug-likeness (QED) is 0.875. The van der Waals surface area contributed by atoms with Gasteiger partial charge in [0.2, 0.25) is 0 Å². The van der Waals surface area contributed by atoms with Crippen molar-refractivity contribution >= 4 is 33.7 Å². The van der Waals surface area contributed by atoms with Crippen molar-refractivity contribution in [1.29, 1.82) is 0 Å². The van der Waals surface area contributed by atoms with E-state index in [2.05, 4.69) is 25.9 Å². The summed E-state index contributed by atoms with van der Waals surface area (Å²) in [4.78, 5) is 19.8. The minimum atomic E-state index is -1.01. The van der Waals surface area contributed by atoms with Crippen LogP contribution in [-0.2, 0) is 5.75 Å². The smallest absolute Gasteiger partial charge is 0.338 e. The Kier molecular flexibility index (Phi) is 4.33. The monoisotopic (exact) mass is 324 g/mol. The molecule has 0 aliphatic heterocycles.